The summed E-state index contributed by atoms with van der Waals surface area (Å²) in [6.07, 6.45) is 1.37. The second kappa shape index (κ2) is 13.5. The number of rotatable bonds is 8. The lowest BCUT2D eigenvalue weighted by molar-refractivity contribution is 0.0493. The molecule has 0 spiro atoms. The van der Waals surface area contributed by atoms with Crippen LogP contribution in [0.1, 0.15) is 46.2 Å². The van der Waals surface area contributed by atoms with Gasteiger partial charge in [0.25, 0.3) is 5.91 Å². The fourth-order valence-corrected chi connectivity index (χ4v) is 5.28. The summed E-state index contributed by atoms with van der Waals surface area (Å²) in [6, 6.07) is 25.3. The van der Waals surface area contributed by atoms with Gasteiger partial charge in [-0.2, -0.15) is 0 Å². The minimum atomic E-state index is -0.392. The van der Waals surface area contributed by atoms with Crippen molar-refractivity contribution in [1.29, 1.82) is 0 Å². The third-order valence-electron chi connectivity index (χ3n) is 6.96. The normalized spacial score (nSPS) is 18.8. The molecule has 3 atom stereocenters. The summed E-state index contributed by atoms with van der Waals surface area (Å²) in [5, 5.41) is 11.9. The second-order valence-electron chi connectivity index (χ2n) is 9.38. The largest absolute Gasteiger partial charge is 0.391 e. The lowest BCUT2D eigenvalue weighted by Crippen LogP contribution is -2.43. The highest BCUT2D eigenvalue weighted by Gasteiger charge is 2.29. The zero-order valence-electron chi connectivity index (χ0n) is 20.4. The highest BCUT2D eigenvalue weighted by atomic mass is 35.5. The molecule has 3 aromatic rings. The molecule has 0 aromatic heterocycles. The van der Waals surface area contributed by atoms with Crippen LogP contribution in [0.4, 0.5) is 0 Å². The number of halogens is 3. The Morgan fingerprint density at radius 3 is 2.33 bits per heavy atom. The standard InChI is InChI=1S/C29H32Cl2N2O2.ClH/c1-32(29(35)22-10-6-3-7-11-22)19-24(23-12-13-26(30)27(31)18-23)14-16-33-17-15-25(28(34)20-33)21-8-4-2-5-9-21;/h2-13,18,24-25,28,34H,14-17,19-20H2,1H3;1H/t24-,25-,28+;/m0./s1. The number of aliphatic hydroxyl groups is 1. The molecule has 1 saturated heterocycles. The van der Waals surface area contributed by atoms with E-state index in [2.05, 4.69) is 17.0 Å². The van der Waals surface area contributed by atoms with Crippen LogP contribution in [-0.2, 0) is 0 Å². The SMILES string of the molecule is CN(C[C@H](CCN1CC[C@@H](c2ccccc2)[C@H](O)C1)c1ccc(Cl)c(Cl)c1)C(=O)c1ccccc1.Cl. The van der Waals surface area contributed by atoms with E-state index >= 15 is 0 Å². The number of hydrogen-bond acceptors (Lipinski definition) is 3. The van der Waals surface area contributed by atoms with Gasteiger partial charge in [-0.25, -0.2) is 0 Å². The van der Waals surface area contributed by atoms with Crippen LogP contribution in [0.3, 0.4) is 0 Å². The van der Waals surface area contributed by atoms with Gasteiger partial charge >= 0.3 is 0 Å². The van der Waals surface area contributed by atoms with E-state index in [1.807, 2.05) is 73.8 Å². The van der Waals surface area contributed by atoms with Gasteiger partial charge in [-0.15, -0.1) is 12.4 Å². The number of benzene rings is 3. The molecule has 4 nitrogen and oxygen atoms in total. The maximum absolute atomic E-state index is 13.0. The summed E-state index contributed by atoms with van der Waals surface area (Å²) in [5.74, 6) is 0.258. The van der Waals surface area contributed by atoms with Crippen LogP contribution in [0.15, 0.2) is 78.9 Å². The summed E-state index contributed by atoms with van der Waals surface area (Å²) >= 11 is 12.5. The third kappa shape index (κ3) is 7.24. The number of nitrogens with zero attached hydrogens (tertiary/aromatic N) is 2. The zero-order chi connectivity index (χ0) is 24.8. The van der Waals surface area contributed by atoms with Crippen molar-refractivity contribution in [2.24, 2.45) is 0 Å². The predicted octanol–water partition coefficient (Wildman–Crippen LogP) is 6.51. The molecule has 1 heterocycles. The minimum Gasteiger partial charge on any atom is -0.391 e. The van der Waals surface area contributed by atoms with E-state index in [0.29, 0.717) is 28.7 Å². The van der Waals surface area contributed by atoms with Crippen molar-refractivity contribution in [3.63, 3.8) is 0 Å². The van der Waals surface area contributed by atoms with E-state index in [1.54, 1.807) is 4.90 Å². The molecule has 1 aliphatic rings. The molecule has 1 amide bonds. The van der Waals surface area contributed by atoms with Gasteiger partial charge in [0.15, 0.2) is 0 Å². The molecule has 0 saturated carbocycles. The average molecular weight is 548 g/mol. The average Bonchev–Trinajstić information content (AvgIpc) is 2.88. The van der Waals surface area contributed by atoms with Crippen LogP contribution in [0.25, 0.3) is 0 Å². The number of carbonyl (C=O) groups is 1. The van der Waals surface area contributed by atoms with Crippen LogP contribution in [-0.4, -0.2) is 60.1 Å². The molecule has 1 fully saturated rings. The highest BCUT2D eigenvalue weighted by molar-refractivity contribution is 6.42. The summed E-state index contributed by atoms with van der Waals surface area (Å²) in [7, 11) is 1.84. The Morgan fingerprint density at radius 2 is 1.69 bits per heavy atom. The maximum atomic E-state index is 13.0. The molecule has 36 heavy (non-hydrogen) atoms. The number of piperidine rings is 1. The van der Waals surface area contributed by atoms with Crippen LogP contribution in [0.5, 0.6) is 0 Å². The van der Waals surface area contributed by atoms with Gasteiger partial charge in [0.1, 0.15) is 0 Å². The third-order valence-corrected chi connectivity index (χ3v) is 7.70. The molecule has 1 aliphatic heterocycles. The molecular weight excluding hydrogens is 515 g/mol. The quantitative estimate of drug-likeness (QED) is 0.350. The second-order valence-corrected chi connectivity index (χ2v) is 10.2. The molecule has 0 bridgehead atoms. The predicted molar refractivity (Wildman–Crippen MR) is 151 cm³/mol. The van der Waals surface area contributed by atoms with E-state index in [4.69, 9.17) is 23.2 Å². The van der Waals surface area contributed by atoms with E-state index < -0.39 is 6.10 Å². The maximum Gasteiger partial charge on any atom is 0.253 e. The Bertz CT molecular complexity index is 1110. The Kier molecular flexibility index (Phi) is 10.7. The molecule has 4 rings (SSSR count). The number of hydrogen-bond donors (Lipinski definition) is 1. The Labute approximate surface area is 230 Å². The summed E-state index contributed by atoms with van der Waals surface area (Å²) in [4.78, 5) is 17.1. The van der Waals surface area contributed by atoms with Crippen LogP contribution in [0.2, 0.25) is 10.0 Å². The van der Waals surface area contributed by atoms with Crippen molar-refractivity contribution >= 4 is 41.5 Å². The molecule has 0 aliphatic carbocycles. The molecule has 1 N–H and O–H groups in total. The van der Waals surface area contributed by atoms with Crippen molar-refractivity contribution in [3.8, 4) is 0 Å². The number of likely N-dealkylation sites (N-methyl/N-ethyl adjacent to an activating group) is 1. The van der Waals surface area contributed by atoms with Crippen molar-refractivity contribution in [2.45, 2.75) is 30.8 Å². The van der Waals surface area contributed by atoms with Gasteiger partial charge in [-0.1, -0.05) is 77.8 Å². The topological polar surface area (TPSA) is 43.8 Å². The van der Waals surface area contributed by atoms with Crippen molar-refractivity contribution in [1.82, 2.24) is 9.80 Å². The van der Waals surface area contributed by atoms with E-state index in [1.165, 1.54) is 5.56 Å². The van der Waals surface area contributed by atoms with Crippen LogP contribution in [0, 0.1) is 0 Å². The fourth-order valence-electron chi connectivity index (χ4n) is 4.97. The van der Waals surface area contributed by atoms with Crippen LogP contribution < -0.4 is 0 Å². The summed E-state index contributed by atoms with van der Waals surface area (Å²) < 4.78 is 0. The molecule has 3 aromatic carbocycles. The Morgan fingerprint density at radius 1 is 1.03 bits per heavy atom. The number of likely N-dealkylation sites (tertiary alicyclic amines) is 1. The lowest BCUT2D eigenvalue weighted by atomic mass is 9.86. The van der Waals surface area contributed by atoms with E-state index in [0.717, 1.165) is 31.5 Å². The number of β-amino-alcohol motifs (C(OH)–C–C–N with tert-alkyl or cyclic N) is 1. The molecule has 0 radical (unpaired) electrons. The zero-order valence-corrected chi connectivity index (χ0v) is 22.7. The van der Waals surface area contributed by atoms with E-state index in [9.17, 15) is 9.90 Å². The molecule has 7 heteroatoms. The van der Waals surface area contributed by atoms with Gasteiger partial charge < -0.3 is 14.9 Å². The smallest absolute Gasteiger partial charge is 0.253 e. The first-order chi connectivity index (χ1) is 16.9. The summed E-state index contributed by atoms with van der Waals surface area (Å²) in [5.41, 5.74) is 2.94. The molecule has 0 unspecified atom stereocenters. The Hall–Kier alpha value is -2.08. The van der Waals surface area contributed by atoms with Crippen molar-refractivity contribution in [2.75, 3.05) is 33.2 Å². The Balaban J connectivity index is 0.00000361. The van der Waals surface area contributed by atoms with Crippen molar-refractivity contribution in [3.05, 3.63) is 106 Å². The van der Waals surface area contributed by atoms with E-state index in [-0.39, 0.29) is 30.2 Å². The first kappa shape index (κ1) is 28.5. The first-order valence-electron chi connectivity index (χ1n) is 12.1. The first-order valence-corrected chi connectivity index (χ1v) is 12.9. The highest BCUT2D eigenvalue weighted by Crippen LogP contribution is 2.31. The lowest BCUT2D eigenvalue weighted by Gasteiger charge is -2.37. The van der Waals surface area contributed by atoms with Gasteiger partial charge in [0.05, 0.1) is 16.1 Å². The van der Waals surface area contributed by atoms with Gasteiger partial charge in [0.2, 0.25) is 0 Å². The summed E-state index contributed by atoms with van der Waals surface area (Å²) in [6.45, 7) is 2.97. The van der Waals surface area contributed by atoms with Crippen molar-refractivity contribution < 1.29 is 9.90 Å². The number of amides is 1. The van der Waals surface area contributed by atoms with Gasteiger partial charge in [-0.3, -0.25) is 4.79 Å². The van der Waals surface area contributed by atoms with Crippen LogP contribution >= 0.6 is 35.6 Å². The number of aliphatic hydroxyl groups excluding tert-OH is 1. The monoisotopic (exact) mass is 546 g/mol. The van der Waals surface area contributed by atoms with Gasteiger partial charge in [-0.05, 0) is 61.3 Å². The molecule has 192 valence electrons. The minimum absolute atomic E-state index is 0. The fraction of sp³-hybridized carbons (Fsp3) is 0.345. The number of carbonyl (C=O) groups excluding carboxylic acids is 1. The van der Waals surface area contributed by atoms with Gasteiger partial charge in [0, 0.05) is 37.5 Å². The molecular formula is C29H33Cl3N2O2.